The van der Waals surface area contributed by atoms with Gasteiger partial charge in [-0.25, -0.2) is 8.42 Å². The van der Waals surface area contributed by atoms with Crippen LogP contribution in [0.25, 0.3) is 0 Å². The van der Waals surface area contributed by atoms with Gasteiger partial charge in [0, 0.05) is 35.3 Å². The Labute approximate surface area is 228 Å². The molecule has 0 aliphatic carbocycles. The van der Waals surface area contributed by atoms with Gasteiger partial charge in [-0.05, 0) is 55.9 Å². The SMILES string of the molecule is COc1cc(S(=O)(=O)Nc2ccc(C(F)(F)F)c(O[C@@H]3CCN(C)C3)c2)ccc1Oc1cc(Cl)cc(Cl)c1. The lowest BCUT2D eigenvalue weighted by atomic mass is 10.1. The number of rotatable bonds is 8. The number of ether oxygens (including phenoxy) is 3. The van der Waals surface area contributed by atoms with Crippen LogP contribution >= 0.6 is 23.2 Å². The quantitative estimate of drug-likeness (QED) is 0.315. The van der Waals surface area contributed by atoms with Crippen LogP contribution in [0.4, 0.5) is 18.9 Å². The summed E-state index contributed by atoms with van der Waals surface area (Å²) in [5.74, 6) is 0.141. The Morgan fingerprint density at radius 3 is 2.29 bits per heavy atom. The molecule has 1 heterocycles. The lowest BCUT2D eigenvalue weighted by molar-refractivity contribution is -0.139. The topological polar surface area (TPSA) is 77.1 Å². The van der Waals surface area contributed by atoms with Gasteiger partial charge in [0.15, 0.2) is 11.5 Å². The molecule has 1 atom stereocenters. The summed E-state index contributed by atoms with van der Waals surface area (Å²) < 4.78 is 85.9. The van der Waals surface area contributed by atoms with Crippen LogP contribution in [0.1, 0.15) is 12.0 Å². The van der Waals surface area contributed by atoms with Crippen LogP contribution in [0.2, 0.25) is 10.0 Å². The number of likely N-dealkylation sites (N-methyl/N-ethyl adjacent to an activating group) is 1. The van der Waals surface area contributed by atoms with Gasteiger partial charge < -0.3 is 19.1 Å². The molecule has 0 unspecified atom stereocenters. The molecule has 38 heavy (non-hydrogen) atoms. The fourth-order valence-electron chi connectivity index (χ4n) is 3.92. The first kappa shape index (κ1) is 28.2. The van der Waals surface area contributed by atoms with Crippen LogP contribution in [0, 0.1) is 0 Å². The maximum atomic E-state index is 13.6. The molecule has 1 aliphatic heterocycles. The van der Waals surface area contributed by atoms with Crippen molar-refractivity contribution in [3.05, 3.63) is 70.2 Å². The molecule has 0 bridgehead atoms. The molecule has 1 aliphatic rings. The summed E-state index contributed by atoms with van der Waals surface area (Å²) >= 11 is 12.0. The van der Waals surface area contributed by atoms with Crippen molar-refractivity contribution in [2.75, 3.05) is 32.0 Å². The number of halogens is 5. The van der Waals surface area contributed by atoms with E-state index in [1.54, 1.807) is 0 Å². The van der Waals surface area contributed by atoms with Crippen molar-refractivity contribution in [3.63, 3.8) is 0 Å². The monoisotopic (exact) mass is 590 g/mol. The predicted octanol–water partition coefficient (Wildman–Crippen LogP) is 6.70. The molecule has 1 fully saturated rings. The van der Waals surface area contributed by atoms with Crippen molar-refractivity contribution in [1.29, 1.82) is 0 Å². The minimum absolute atomic E-state index is 0.0887. The van der Waals surface area contributed by atoms with E-state index in [4.69, 9.17) is 37.4 Å². The number of alkyl halides is 3. The average Bonchev–Trinajstić information content (AvgIpc) is 3.22. The minimum Gasteiger partial charge on any atom is -0.493 e. The third-order valence-corrected chi connectivity index (χ3v) is 7.51. The highest BCUT2D eigenvalue weighted by atomic mass is 35.5. The van der Waals surface area contributed by atoms with Gasteiger partial charge in [-0.1, -0.05) is 23.2 Å². The normalized spacial score (nSPS) is 16.3. The fourth-order valence-corrected chi connectivity index (χ4v) is 5.49. The molecule has 1 saturated heterocycles. The van der Waals surface area contributed by atoms with E-state index in [0.717, 1.165) is 18.2 Å². The molecule has 0 radical (unpaired) electrons. The van der Waals surface area contributed by atoms with Crippen LogP contribution in [-0.2, 0) is 16.2 Å². The van der Waals surface area contributed by atoms with Crippen LogP contribution in [0.3, 0.4) is 0 Å². The molecule has 13 heteroatoms. The van der Waals surface area contributed by atoms with Crippen molar-refractivity contribution < 1.29 is 35.8 Å². The summed E-state index contributed by atoms with van der Waals surface area (Å²) in [6, 6.07) is 11.3. The van der Waals surface area contributed by atoms with Gasteiger partial charge in [-0.3, -0.25) is 4.72 Å². The van der Waals surface area contributed by atoms with Gasteiger partial charge in [0.2, 0.25) is 0 Å². The summed E-state index contributed by atoms with van der Waals surface area (Å²) in [4.78, 5) is 1.73. The molecule has 3 aromatic carbocycles. The third-order valence-electron chi connectivity index (χ3n) is 5.69. The zero-order chi connectivity index (χ0) is 27.7. The number of anilines is 1. The van der Waals surface area contributed by atoms with Gasteiger partial charge in [-0.15, -0.1) is 0 Å². The first-order chi connectivity index (χ1) is 17.8. The van der Waals surface area contributed by atoms with Crippen LogP contribution in [0.5, 0.6) is 23.0 Å². The number of benzene rings is 3. The number of nitrogens with zero attached hydrogens (tertiary/aromatic N) is 1. The van der Waals surface area contributed by atoms with E-state index in [0.29, 0.717) is 35.3 Å². The van der Waals surface area contributed by atoms with E-state index in [9.17, 15) is 21.6 Å². The molecule has 0 amide bonds. The van der Waals surface area contributed by atoms with Gasteiger partial charge in [-0.2, -0.15) is 13.2 Å². The maximum absolute atomic E-state index is 13.6. The van der Waals surface area contributed by atoms with E-state index < -0.39 is 33.6 Å². The van der Waals surface area contributed by atoms with E-state index in [1.165, 1.54) is 43.5 Å². The molecule has 4 rings (SSSR count). The molecule has 0 spiro atoms. The Kier molecular flexibility index (Phi) is 8.22. The van der Waals surface area contributed by atoms with Crippen LogP contribution in [-0.4, -0.2) is 46.7 Å². The standard InChI is InChI=1S/C25H23Cl2F3N2O5S/c1-32-8-7-18(14-32)36-23-12-17(3-5-21(23)25(28,29)30)31-38(33,34)20-4-6-22(24(13-20)35-2)37-19-10-15(26)9-16(27)11-19/h3-6,9-13,18,31H,7-8,14H2,1-2H3/t18-/m1/s1. The van der Waals surface area contributed by atoms with Gasteiger partial charge in [0.05, 0.1) is 23.3 Å². The molecular weight excluding hydrogens is 568 g/mol. The Balaban J connectivity index is 1.59. The molecule has 7 nitrogen and oxygen atoms in total. The lowest BCUT2D eigenvalue weighted by Crippen LogP contribution is -2.23. The van der Waals surface area contributed by atoms with E-state index >= 15 is 0 Å². The first-order valence-electron chi connectivity index (χ1n) is 11.3. The molecule has 204 valence electrons. The largest absolute Gasteiger partial charge is 0.493 e. The molecule has 1 N–H and O–H groups in total. The Morgan fingerprint density at radius 1 is 0.974 bits per heavy atom. The van der Waals surface area contributed by atoms with Crippen molar-refractivity contribution in [2.24, 2.45) is 0 Å². The predicted molar refractivity (Wildman–Crippen MR) is 138 cm³/mol. The summed E-state index contributed by atoms with van der Waals surface area (Å²) in [7, 11) is -1.05. The Morgan fingerprint density at radius 2 is 1.68 bits per heavy atom. The molecular formula is C25H23Cl2F3N2O5S. The van der Waals surface area contributed by atoms with Gasteiger partial charge in [0.1, 0.15) is 17.6 Å². The zero-order valence-electron chi connectivity index (χ0n) is 20.2. The number of nitrogens with one attached hydrogen (secondary N) is 1. The smallest absolute Gasteiger partial charge is 0.419 e. The fraction of sp³-hybridized carbons (Fsp3) is 0.280. The van der Waals surface area contributed by atoms with Crippen molar-refractivity contribution >= 4 is 38.9 Å². The number of hydrogen-bond donors (Lipinski definition) is 1. The van der Waals surface area contributed by atoms with Crippen LogP contribution < -0.4 is 18.9 Å². The summed E-state index contributed by atoms with van der Waals surface area (Å²) in [5.41, 5.74) is -1.08. The second-order valence-corrected chi connectivity index (χ2v) is 11.2. The summed E-state index contributed by atoms with van der Waals surface area (Å²) in [6.45, 7) is 1.15. The van der Waals surface area contributed by atoms with Crippen molar-refractivity contribution in [2.45, 2.75) is 23.6 Å². The molecule has 3 aromatic rings. The number of hydrogen-bond acceptors (Lipinski definition) is 6. The van der Waals surface area contributed by atoms with Gasteiger partial charge in [0.25, 0.3) is 10.0 Å². The van der Waals surface area contributed by atoms with Crippen molar-refractivity contribution in [3.8, 4) is 23.0 Å². The highest BCUT2D eigenvalue weighted by molar-refractivity contribution is 7.92. The second-order valence-electron chi connectivity index (χ2n) is 8.62. The second kappa shape index (κ2) is 11.1. The number of sulfonamides is 1. The lowest BCUT2D eigenvalue weighted by Gasteiger charge is -2.19. The first-order valence-corrected chi connectivity index (χ1v) is 13.5. The van der Waals surface area contributed by atoms with E-state index in [-0.39, 0.29) is 22.1 Å². The van der Waals surface area contributed by atoms with E-state index in [2.05, 4.69) is 4.72 Å². The summed E-state index contributed by atoms with van der Waals surface area (Å²) in [5, 5.41) is 0.685. The number of likely N-dealkylation sites (tertiary alicyclic amines) is 1. The molecule has 0 aromatic heterocycles. The zero-order valence-corrected chi connectivity index (χ0v) is 22.5. The van der Waals surface area contributed by atoms with Gasteiger partial charge >= 0.3 is 6.18 Å². The molecule has 0 saturated carbocycles. The summed E-state index contributed by atoms with van der Waals surface area (Å²) in [6.07, 6.45) is -4.56. The van der Waals surface area contributed by atoms with Crippen LogP contribution in [0.15, 0.2) is 59.5 Å². The van der Waals surface area contributed by atoms with E-state index in [1.807, 2.05) is 11.9 Å². The Bertz CT molecular complexity index is 1420. The Hall–Kier alpha value is -2.86. The highest BCUT2D eigenvalue weighted by Crippen LogP contribution is 2.40. The van der Waals surface area contributed by atoms with Crippen molar-refractivity contribution in [1.82, 2.24) is 4.90 Å². The minimum atomic E-state index is -4.67. The maximum Gasteiger partial charge on any atom is 0.419 e. The highest BCUT2D eigenvalue weighted by Gasteiger charge is 2.36. The third kappa shape index (κ3) is 6.76. The average molecular weight is 591 g/mol. The number of methoxy groups -OCH3 is 1.